The highest BCUT2D eigenvalue weighted by Crippen LogP contribution is 2.50. The van der Waals surface area contributed by atoms with Gasteiger partial charge in [-0.05, 0) is 36.2 Å². The smallest absolute Gasteiger partial charge is 0.226 e. The molecule has 2 atom stereocenters. The molecule has 4 heterocycles. The molecular formula is C24H19N5O. The molecule has 4 aromatic rings. The van der Waals surface area contributed by atoms with E-state index in [1.807, 2.05) is 35.1 Å². The van der Waals surface area contributed by atoms with Gasteiger partial charge >= 0.3 is 0 Å². The van der Waals surface area contributed by atoms with Crippen molar-refractivity contribution in [3.05, 3.63) is 107 Å². The summed E-state index contributed by atoms with van der Waals surface area (Å²) >= 11 is 0. The molecule has 6 nitrogen and oxygen atoms in total. The Morgan fingerprint density at radius 3 is 2.77 bits per heavy atom. The third kappa shape index (κ3) is 2.54. The molecule has 30 heavy (non-hydrogen) atoms. The van der Waals surface area contributed by atoms with Gasteiger partial charge in [0.25, 0.3) is 0 Å². The maximum Gasteiger partial charge on any atom is 0.226 e. The number of hydrogen-bond donors (Lipinski definition) is 1. The zero-order valence-electron chi connectivity index (χ0n) is 16.4. The first-order chi connectivity index (χ1) is 14.8. The number of fused-ring (bicyclic) bond motifs is 3. The van der Waals surface area contributed by atoms with Crippen LogP contribution in [0.1, 0.15) is 34.4 Å². The fraction of sp³-hybridized carbons (Fsp3) is 0.125. The summed E-state index contributed by atoms with van der Waals surface area (Å²) in [7, 11) is 0. The highest BCUT2D eigenvalue weighted by molar-refractivity contribution is 5.85. The van der Waals surface area contributed by atoms with Gasteiger partial charge in [-0.25, -0.2) is 4.68 Å². The number of hydrogen-bond acceptors (Lipinski definition) is 5. The molecule has 2 aromatic carbocycles. The van der Waals surface area contributed by atoms with Gasteiger partial charge < -0.3 is 10.1 Å². The number of nitrogens with zero attached hydrogens (tertiary/aromatic N) is 4. The molecule has 146 valence electrons. The number of pyridine rings is 1. The summed E-state index contributed by atoms with van der Waals surface area (Å²) in [5.74, 6) is 1.57. The van der Waals surface area contributed by atoms with Gasteiger partial charge in [0.1, 0.15) is 24.2 Å². The summed E-state index contributed by atoms with van der Waals surface area (Å²) in [6.45, 7) is 2.10. The highest BCUT2D eigenvalue weighted by Gasteiger charge is 2.40. The van der Waals surface area contributed by atoms with Crippen molar-refractivity contribution in [3.8, 4) is 5.75 Å². The molecule has 6 rings (SSSR count). The van der Waals surface area contributed by atoms with Crippen LogP contribution in [0.5, 0.6) is 5.75 Å². The van der Waals surface area contributed by atoms with Crippen molar-refractivity contribution in [2.45, 2.75) is 19.1 Å². The molecule has 0 unspecified atom stereocenters. The van der Waals surface area contributed by atoms with E-state index in [9.17, 15) is 0 Å². The van der Waals surface area contributed by atoms with Gasteiger partial charge in [0.05, 0.1) is 5.70 Å². The number of ether oxygens (including phenoxy) is 1. The Morgan fingerprint density at radius 2 is 1.90 bits per heavy atom. The Hall–Kier alpha value is -3.93. The Morgan fingerprint density at radius 1 is 1.00 bits per heavy atom. The second kappa shape index (κ2) is 6.56. The van der Waals surface area contributed by atoms with Crippen LogP contribution in [0.2, 0.25) is 0 Å². The van der Waals surface area contributed by atoms with E-state index in [2.05, 4.69) is 63.7 Å². The molecular weight excluding hydrogens is 374 g/mol. The molecule has 0 bridgehead atoms. The van der Waals surface area contributed by atoms with E-state index in [4.69, 9.17) is 4.74 Å². The van der Waals surface area contributed by atoms with Crippen molar-refractivity contribution in [1.29, 1.82) is 0 Å². The fourth-order valence-corrected chi connectivity index (χ4v) is 4.38. The normalized spacial score (nSPS) is 19.2. The molecule has 2 aliphatic heterocycles. The first-order valence-electron chi connectivity index (χ1n) is 9.93. The van der Waals surface area contributed by atoms with Crippen molar-refractivity contribution in [3.63, 3.8) is 0 Å². The Labute approximate surface area is 173 Å². The molecule has 0 spiro atoms. The second-order valence-electron chi connectivity index (χ2n) is 7.58. The van der Waals surface area contributed by atoms with Crippen LogP contribution in [0.15, 0.2) is 85.0 Å². The molecule has 1 N–H and O–H groups in total. The number of anilines is 1. The van der Waals surface area contributed by atoms with Crippen LogP contribution in [0, 0.1) is 6.92 Å². The highest BCUT2D eigenvalue weighted by atomic mass is 16.5. The van der Waals surface area contributed by atoms with Gasteiger partial charge in [-0.1, -0.05) is 48.0 Å². The molecule has 0 aliphatic carbocycles. The quantitative estimate of drug-likeness (QED) is 0.542. The zero-order valence-corrected chi connectivity index (χ0v) is 16.4. The van der Waals surface area contributed by atoms with Crippen molar-refractivity contribution >= 4 is 11.6 Å². The lowest BCUT2D eigenvalue weighted by atomic mass is 9.85. The first kappa shape index (κ1) is 17.0. The molecule has 0 radical (unpaired) electrons. The van der Waals surface area contributed by atoms with E-state index in [1.165, 1.54) is 5.56 Å². The molecule has 0 saturated heterocycles. The SMILES string of the molecule is Cc1cccc([C@@H]2Oc3ccccc3C3=C2[C@@H](c2cccnc2)n2ncnc2N3)c1. The van der Waals surface area contributed by atoms with E-state index in [-0.39, 0.29) is 12.1 Å². The monoisotopic (exact) mass is 393 g/mol. The van der Waals surface area contributed by atoms with Crippen molar-refractivity contribution < 1.29 is 4.74 Å². The zero-order chi connectivity index (χ0) is 20.1. The van der Waals surface area contributed by atoms with E-state index in [1.54, 1.807) is 12.5 Å². The topological polar surface area (TPSA) is 64.9 Å². The first-order valence-corrected chi connectivity index (χ1v) is 9.93. The largest absolute Gasteiger partial charge is 0.480 e. The van der Waals surface area contributed by atoms with Gasteiger partial charge in [0.15, 0.2) is 0 Å². The Bertz CT molecular complexity index is 1280. The predicted octanol–water partition coefficient (Wildman–Crippen LogP) is 4.54. The van der Waals surface area contributed by atoms with Crippen LogP contribution in [-0.2, 0) is 0 Å². The lowest BCUT2D eigenvalue weighted by Gasteiger charge is -2.38. The van der Waals surface area contributed by atoms with Crippen molar-refractivity contribution in [1.82, 2.24) is 19.7 Å². The predicted molar refractivity (Wildman–Crippen MR) is 114 cm³/mol. The number of rotatable bonds is 2. The van der Waals surface area contributed by atoms with Crippen LogP contribution < -0.4 is 10.1 Å². The third-order valence-electron chi connectivity index (χ3n) is 5.67. The fourth-order valence-electron chi connectivity index (χ4n) is 4.38. The van der Waals surface area contributed by atoms with E-state index >= 15 is 0 Å². The standard InChI is InChI=1S/C24H19N5O/c1-15-6-4-7-16(12-15)23-20-21(18-9-2-3-10-19(18)30-23)28-24-26-14-27-29(24)22(20)17-8-5-11-25-13-17/h2-14,22-23H,1H3,(H,26,27,28)/t22-,23+/m1/s1. The number of para-hydroxylation sites is 1. The third-order valence-corrected chi connectivity index (χ3v) is 5.67. The lowest BCUT2D eigenvalue weighted by Crippen LogP contribution is -2.32. The van der Waals surface area contributed by atoms with E-state index in [0.717, 1.165) is 33.7 Å². The minimum Gasteiger partial charge on any atom is -0.480 e. The minimum atomic E-state index is -0.259. The van der Waals surface area contributed by atoms with Gasteiger partial charge in [-0.2, -0.15) is 10.1 Å². The van der Waals surface area contributed by atoms with E-state index < -0.39 is 0 Å². The number of aromatic nitrogens is 4. The number of nitrogens with one attached hydrogen (secondary N) is 1. The number of benzene rings is 2. The lowest BCUT2D eigenvalue weighted by molar-refractivity contribution is 0.223. The molecule has 2 aromatic heterocycles. The maximum absolute atomic E-state index is 6.61. The Balaban J connectivity index is 1.64. The average molecular weight is 393 g/mol. The van der Waals surface area contributed by atoms with Crippen LogP contribution in [0.4, 0.5) is 5.95 Å². The summed E-state index contributed by atoms with van der Waals surface area (Å²) in [5, 5.41) is 8.05. The number of aryl methyl sites for hydroxylation is 1. The molecule has 0 amide bonds. The average Bonchev–Trinajstić information content (AvgIpc) is 3.26. The van der Waals surface area contributed by atoms with Gasteiger partial charge in [-0.3, -0.25) is 4.98 Å². The summed E-state index contributed by atoms with van der Waals surface area (Å²) < 4.78 is 8.52. The summed E-state index contributed by atoms with van der Waals surface area (Å²) in [4.78, 5) is 8.82. The van der Waals surface area contributed by atoms with Crippen LogP contribution in [0.3, 0.4) is 0 Å². The summed E-state index contributed by atoms with van der Waals surface area (Å²) in [6, 6.07) is 20.5. The second-order valence-corrected chi connectivity index (χ2v) is 7.58. The Kier molecular flexibility index (Phi) is 3.71. The minimum absolute atomic E-state index is 0.175. The molecule has 0 fully saturated rings. The van der Waals surface area contributed by atoms with E-state index in [0.29, 0.717) is 5.95 Å². The van der Waals surface area contributed by atoms with Gasteiger partial charge in [0.2, 0.25) is 5.95 Å². The summed E-state index contributed by atoms with van der Waals surface area (Å²) in [5.41, 5.74) is 6.50. The molecule has 6 heteroatoms. The molecule has 2 aliphatic rings. The summed E-state index contributed by atoms with van der Waals surface area (Å²) in [6.07, 6.45) is 5.00. The van der Waals surface area contributed by atoms with Gasteiger partial charge in [0, 0.05) is 23.5 Å². The van der Waals surface area contributed by atoms with Crippen LogP contribution >= 0.6 is 0 Å². The van der Waals surface area contributed by atoms with Crippen molar-refractivity contribution in [2.75, 3.05) is 5.32 Å². The van der Waals surface area contributed by atoms with Crippen LogP contribution in [0.25, 0.3) is 5.70 Å². The maximum atomic E-state index is 6.61. The van der Waals surface area contributed by atoms with Gasteiger partial charge in [-0.15, -0.1) is 0 Å². The van der Waals surface area contributed by atoms with Crippen molar-refractivity contribution in [2.24, 2.45) is 0 Å². The molecule has 0 saturated carbocycles. The van der Waals surface area contributed by atoms with Crippen LogP contribution in [-0.4, -0.2) is 19.7 Å².